The molecule has 0 aliphatic rings. The average molecular weight is 730 g/mol. The summed E-state index contributed by atoms with van der Waals surface area (Å²) in [6.07, 6.45) is 0. The van der Waals surface area contributed by atoms with Gasteiger partial charge in [-0.25, -0.2) is 4.57 Å². The molecule has 228 valence electrons. The van der Waals surface area contributed by atoms with Crippen molar-refractivity contribution in [3.8, 4) is 27.9 Å². The first-order chi connectivity index (χ1) is 23.2. The zero-order valence-corrected chi connectivity index (χ0v) is 28.8. The number of para-hydroxylation sites is 1. The minimum absolute atomic E-state index is 0.103. The van der Waals surface area contributed by atoms with Gasteiger partial charge in [0.25, 0.3) is 11.1 Å². The predicted molar refractivity (Wildman–Crippen MR) is 210 cm³/mol. The highest BCUT2D eigenvalue weighted by Gasteiger charge is 2.30. The molecule has 0 unspecified atom stereocenters. The van der Waals surface area contributed by atoms with E-state index >= 15 is 0 Å². The molecule has 0 N–H and O–H groups in total. The maximum atomic E-state index is 14.7. The van der Waals surface area contributed by atoms with Gasteiger partial charge in [-0.05, 0) is 140 Å². The Bertz CT molecular complexity index is 3020. The lowest BCUT2D eigenvalue weighted by Gasteiger charge is -2.24. The third-order valence-corrected chi connectivity index (χ3v) is 11.4. The lowest BCUT2D eigenvalue weighted by Crippen LogP contribution is -2.23. The van der Waals surface area contributed by atoms with Crippen molar-refractivity contribution in [1.82, 2.24) is 4.57 Å². The normalized spacial score (nSPS) is 12.8. The topological polar surface area (TPSA) is 39.1 Å². The zero-order chi connectivity index (χ0) is 32.6. The average Bonchev–Trinajstić information content (AvgIpc) is 3.59. The van der Waals surface area contributed by atoms with Crippen molar-refractivity contribution in [1.29, 1.82) is 0 Å². The maximum Gasteiger partial charge on any atom is 0.266 e. The van der Waals surface area contributed by atoms with E-state index in [4.69, 9.17) is 0 Å². The molecule has 0 aliphatic heterocycles. The van der Waals surface area contributed by atoms with E-state index in [1.165, 1.54) is 37.1 Å². The molecule has 0 aliphatic carbocycles. The summed E-state index contributed by atoms with van der Waals surface area (Å²) < 4.78 is 2.51. The summed E-state index contributed by atoms with van der Waals surface area (Å²) in [5, 5.41) is 11.9. The van der Waals surface area contributed by atoms with Gasteiger partial charge in [0.2, 0.25) is 0 Å². The molecule has 0 spiro atoms. The van der Waals surface area contributed by atoms with Crippen molar-refractivity contribution >= 4 is 87.2 Å². The lowest BCUT2D eigenvalue weighted by atomic mass is 9.80. The molecular formula is C44H28INO2. The van der Waals surface area contributed by atoms with Crippen molar-refractivity contribution in [2.75, 3.05) is 0 Å². The quantitative estimate of drug-likeness (QED) is 0.134. The van der Waals surface area contributed by atoms with Crippen molar-refractivity contribution < 1.29 is 0 Å². The first kappa shape index (κ1) is 28.0. The summed E-state index contributed by atoms with van der Waals surface area (Å²) >= 11 is 2.41. The molecule has 0 saturated heterocycles. The van der Waals surface area contributed by atoms with E-state index < -0.39 is 0 Å². The number of hydrogen-bond donors (Lipinski definition) is 0. The van der Waals surface area contributed by atoms with Crippen LogP contribution in [0.4, 0.5) is 0 Å². The van der Waals surface area contributed by atoms with Crippen molar-refractivity contribution in [2.45, 2.75) is 26.2 Å². The van der Waals surface area contributed by atoms with Crippen LogP contribution in [0.25, 0.3) is 92.6 Å². The van der Waals surface area contributed by atoms with Crippen LogP contribution in [0.5, 0.6) is 0 Å². The summed E-state index contributed by atoms with van der Waals surface area (Å²) in [5.41, 5.74) is 5.63. The maximum absolute atomic E-state index is 14.7. The molecule has 0 amide bonds. The zero-order valence-electron chi connectivity index (χ0n) is 26.6. The molecule has 1 heterocycles. The van der Waals surface area contributed by atoms with E-state index in [1.54, 1.807) is 0 Å². The number of halogens is 1. The van der Waals surface area contributed by atoms with Crippen LogP contribution in [0, 0.1) is 3.57 Å². The van der Waals surface area contributed by atoms with E-state index in [0.717, 1.165) is 52.8 Å². The van der Waals surface area contributed by atoms with Crippen LogP contribution in [0.15, 0.2) is 125 Å². The number of nitrogens with zero attached hydrogens (tertiary/aromatic N) is 1. The van der Waals surface area contributed by atoms with Crippen LogP contribution in [0.1, 0.15) is 26.3 Å². The van der Waals surface area contributed by atoms with Crippen molar-refractivity contribution in [3.05, 3.63) is 145 Å². The molecule has 0 radical (unpaired) electrons. The minimum Gasteiger partial charge on any atom is -0.268 e. The summed E-state index contributed by atoms with van der Waals surface area (Å²) in [4.78, 5) is 29.4. The SMILES string of the molecule is CC(C)(C)c1ccccc1-c1cc2c3c(=O)n(-c4ccccc4)c(=O)c3c3cc(-c4ccccc4I)c4ccc5ccc1c1c5c4c3c21. The monoisotopic (exact) mass is 729 g/mol. The van der Waals surface area contributed by atoms with Gasteiger partial charge in [-0.3, -0.25) is 9.59 Å². The van der Waals surface area contributed by atoms with E-state index in [-0.39, 0.29) is 16.5 Å². The number of hydrogen-bond acceptors (Lipinski definition) is 2. The van der Waals surface area contributed by atoms with Gasteiger partial charge in [0, 0.05) is 3.57 Å². The first-order valence-corrected chi connectivity index (χ1v) is 17.4. The van der Waals surface area contributed by atoms with Gasteiger partial charge >= 0.3 is 0 Å². The third kappa shape index (κ3) is 3.48. The highest BCUT2D eigenvalue weighted by Crippen LogP contribution is 2.54. The van der Waals surface area contributed by atoms with E-state index in [2.05, 4.69) is 128 Å². The fourth-order valence-corrected chi connectivity index (χ4v) is 9.17. The Hall–Kier alpha value is -5.07. The molecule has 3 nitrogen and oxygen atoms in total. The van der Waals surface area contributed by atoms with E-state index in [0.29, 0.717) is 16.5 Å². The highest BCUT2D eigenvalue weighted by molar-refractivity contribution is 14.1. The molecule has 48 heavy (non-hydrogen) atoms. The van der Waals surface area contributed by atoms with Crippen LogP contribution in [-0.2, 0) is 5.41 Å². The summed E-state index contributed by atoms with van der Waals surface area (Å²) in [6, 6.07) is 39.7. The lowest BCUT2D eigenvalue weighted by molar-refractivity contribution is 0.592. The van der Waals surface area contributed by atoms with E-state index in [9.17, 15) is 9.59 Å². The van der Waals surface area contributed by atoms with Crippen LogP contribution in [0.3, 0.4) is 0 Å². The second-order valence-electron chi connectivity index (χ2n) is 14.1. The summed E-state index contributed by atoms with van der Waals surface area (Å²) in [5.74, 6) is 0. The Morgan fingerprint density at radius 1 is 0.479 bits per heavy atom. The van der Waals surface area contributed by atoms with Gasteiger partial charge in [-0.2, -0.15) is 0 Å². The Labute approximate surface area is 289 Å². The molecule has 0 bridgehead atoms. The fraction of sp³-hybridized carbons (Fsp3) is 0.0909. The second-order valence-corrected chi connectivity index (χ2v) is 15.2. The van der Waals surface area contributed by atoms with Gasteiger partial charge in [0.05, 0.1) is 16.5 Å². The van der Waals surface area contributed by atoms with Crippen molar-refractivity contribution in [3.63, 3.8) is 0 Å². The van der Waals surface area contributed by atoms with Crippen LogP contribution in [-0.4, -0.2) is 4.57 Å². The molecular weight excluding hydrogens is 701 g/mol. The van der Waals surface area contributed by atoms with E-state index in [1.807, 2.05) is 30.3 Å². The number of benzene rings is 8. The predicted octanol–water partition coefficient (Wildman–Crippen LogP) is 11.1. The molecule has 9 aromatic carbocycles. The largest absolute Gasteiger partial charge is 0.268 e. The molecule has 0 fully saturated rings. The summed E-state index contributed by atoms with van der Waals surface area (Å²) in [6.45, 7) is 6.74. The van der Waals surface area contributed by atoms with Crippen LogP contribution in [0.2, 0.25) is 0 Å². The van der Waals surface area contributed by atoms with Gasteiger partial charge in [-0.1, -0.05) is 106 Å². The Kier molecular flexibility index (Phi) is 5.55. The molecule has 4 heteroatoms. The smallest absolute Gasteiger partial charge is 0.266 e. The van der Waals surface area contributed by atoms with Gasteiger partial charge in [0.15, 0.2) is 0 Å². The Morgan fingerprint density at radius 2 is 0.979 bits per heavy atom. The van der Waals surface area contributed by atoms with Gasteiger partial charge < -0.3 is 0 Å². The number of fused-ring (bicyclic) bond motifs is 3. The fourth-order valence-electron chi connectivity index (χ4n) is 8.50. The Balaban J connectivity index is 1.53. The molecule has 0 saturated carbocycles. The van der Waals surface area contributed by atoms with Crippen molar-refractivity contribution in [2.24, 2.45) is 0 Å². The van der Waals surface area contributed by atoms with Crippen LogP contribution < -0.4 is 11.1 Å². The molecule has 10 aromatic rings. The highest BCUT2D eigenvalue weighted by atomic mass is 127. The van der Waals surface area contributed by atoms with Crippen LogP contribution >= 0.6 is 22.6 Å². The third-order valence-electron chi connectivity index (χ3n) is 10.5. The first-order valence-electron chi connectivity index (χ1n) is 16.3. The molecule has 0 atom stereocenters. The minimum atomic E-state index is -0.268. The van der Waals surface area contributed by atoms with Gasteiger partial charge in [-0.15, -0.1) is 0 Å². The molecule has 1 aromatic heterocycles. The second kappa shape index (κ2) is 9.51. The Morgan fingerprint density at radius 3 is 1.56 bits per heavy atom. The standard InChI is InChI=1S/C44H28INO2/c1-44(2,3)33-15-9-7-13-25(33)29-21-31-38-36-27(29)19-17-23-18-20-28-30(26-14-8-10-16-34(26)45)22-32(39(38)37(28)35(23)36)41-40(31)42(47)46(43(41)48)24-11-5-4-6-12-24/h4-22H,1-3H3. The molecule has 10 rings (SSSR count). The van der Waals surface area contributed by atoms with Gasteiger partial charge in [0.1, 0.15) is 0 Å². The summed E-state index contributed by atoms with van der Waals surface area (Å²) in [7, 11) is 0. The number of aromatic nitrogens is 1. The number of rotatable bonds is 3.